The third-order valence-corrected chi connectivity index (χ3v) is 5.48. The highest BCUT2D eigenvalue weighted by Gasteiger charge is 2.41. The first kappa shape index (κ1) is 13.6. The van der Waals surface area contributed by atoms with E-state index in [2.05, 4.69) is 4.72 Å². The highest BCUT2D eigenvalue weighted by molar-refractivity contribution is 7.89. The molecule has 1 aliphatic rings. The van der Waals surface area contributed by atoms with Gasteiger partial charge in [0.2, 0.25) is 10.0 Å². The van der Waals surface area contributed by atoms with Gasteiger partial charge in [0.15, 0.2) is 0 Å². The van der Waals surface area contributed by atoms with Crippen molar-refractivity contribution >= 4 is 27.3 Å². The molecule has 0 spiro atoms. The number of hydrogen-bond acceptors (Lipinski definition) is 3. The van der Waals surface area contributed by atoms with Gasteiger partial charge in [-0.2, -0.15) is 0 Å². The summed E-state index contributed by atoms with van der Waals surface area (Å²) in [6.07, 6.45) is 2.10. The molecule has 0 saturated heterocycles. The fraction of sp³-hybridized carbons (Fsp3) is 0.500. The molecule has 0 heterocycles. The summed E-state index contributed by atoms with van der Waals surface area (Å²) in [7, 11) is -3.69. The number of rotatable bonds is 4. The van der Waals surface area contributed by atoms with Crippen molar-refractivity contribution in [2.75, 3.05) is 5.73 Å². The summed E-state index contributed by atoms with van der Waals surface area (Å²) in [6, 6.07) is 4.68. The molecule has 2 rings (SSSR count). The molecule has 4 nitrogen and oxygen atoms in total. The van der Waals surface area contributed by atoms with Gasteiger partial charge in [0, 0.05) is 5.54 Å². The Morgan fingerprint density at radius 2 is 2.00 bits per heavy atom. The topological polar surface area (TPSA) is 72.2 Å². The average molecular weight is 289 g/mol. The van der Waals surface area contributed by atoms with Crippen LogP contribution in [-0.2, 0) is 10.0 Å². The lowest BCUT2D eigenvalue weighted by Gasteiger charge is -2.26. The summed E-state index contributed by atoms with van der Waals surface area (Å²) in [5, 5.41) is 0.147. The first-order valence-electron chi connectivity index (χ1n) is 5.82. The number of nitrogens with one attached hydrogen (secondary N) is 1. The van der Waals surface area contributed by atoms with Gasteiger partial charge >= 0.3 is 0 Å². The van der Waals surface area contributed by atoms with E-state index in [1.165, 1.54) is 12.1 Å². The Morgan fingerprint density at radius 1 is 1.39 bits per heavy atom. The van der Waals surface area contributed by atoms with Crippen molar-refractivity contribution in [2.45, 2.75) is 37.1 Å². The molecule has 1 aromatic carbocycles. The Balaban J connectivity index is 2.37. The molecule has 0 aliphatic heterocycles. The Morgan fingerprint density at radius 3 is 2.50 bits per heavy atom. The van der Waals surface area contributed by atoms with Crippen LogP contribution in [0.5, 0.6) is 0 Å². The predicted octanol–water partition coefficient (Wildman–Crippen LogP) is 2.39. The third kappa shape index (κ3) is 2.63. The Kier molecular flexibility index (Phi) is 3.34. The molecule has 0 aromatic heterocycles. The van der Waals surface area contributed by atoms with Crippen molar-refractivity contribution in [2.24, 2.45) is 5.92 Å². The minimum absolute atomic E-state index is 0.0274. The third-order valence-electron chi connectivity index (χ3n) is 3.26. The number of benzene rings is 1. The van der Waals surface area contributed by atoms with E-state index in [0.29, 0.717) is 5.92 Å². The number of nitrogen functional groups attached to an aromatic ring is 1. The molecule has 18 heavy (non-hydrogen) atoms. The summed E-state index contributed by atoms with van der Waals surface area (Å²) in [5.41, 5.74) is 5.41. The first-order valence-corrected chi connectivity index (χ1v) is 7.68. The molecule has 0 radical (unpaired) electrons. The minimum Gasteiger partial charge on any atom is -0.398 e. The van der Waals surface area contributed by atoms with Crippen molar-refractivity contribution < 1.29 is 8.42 Å². The van der Waals surface area contributed by atoms with E-state index in [0.717, 1.165) is 12.8 Å². The van der Waals surface area contributed by atoms with Gasteiger partial charge in [0.1, 0.15) is 4.90 Å². The summed E-state index contributed by atoms with van der Waals surface area (Å²) < 4.78 is 27.4. The lowest BCUT2D eigenvalue weighted by atomic mass is 10.0. The number of hydrogen-bond donors (Lipinski definition) is 2. The molecule has 0 atom stereocenters. The second kappa shape index (κ2) is 4.40. The second-order valence-corrected chi connectivity index (χ2v) is 7.29. The van der Waals surface area contributed by atoms with Crippen molar-refractivity contribution in [3.63, 3.8) is 0 Å². The molecular formula is C12H17ClN2O2S. The maximum Gasteiger partial charge on any atom is 0.244 e. The zero-order valence-electron chi connectivity index (χ0n) is 10.4. The van der Waals surface area contributed by atoms with E-state index in [4.69, 9.17) is 17.3 Å². The van der Waals surface area contributed by atoms with Crippen LogP contribution < -0.4 is 10.5 Å². The van der Waals surface area contributed by atoms with E-state index in [-0.39, 0.29) is 15.6 Å². The molecule has 6 heteroatoms. The summed E-state index contributed by atoms with van der Waals surface area (Å²) >= 11 is 5.94. The summed E-state index contributed by atoms with van der Waals surface area (Å²) in [5.74, 6) is 0.385. The lowest BCUT2D eigenvalue weighted by Crippen LogP contribution is -2.45. The number of nitrogens with two attached hydrogens (primary N) is 1. The van der Waals surface area contributed by atoms with Gasteiger partial charge in [-0.15, -0.1) is 0 Å². The molecular weight excluding hydrogens is 272 g/mol. The van der Waals surface area contributed by atoms with Gasteiger partial charge in [-0.1, -0.05) is 17.7 Å². The Bertz CT molecular complexity index is 545. The quantitative estimate of drug-likeness (QED) is 0.836. The van der Waals surface area contributed by atoms with Crippen LogP contribution in [0, 0.1) is 5.92 Å². The van der Waals surface area contributed by atoms with Gasteiger partial charge in [0.25, 0.3) is 0 Å². The fourth-order valence-corrected chi connectivity index (χ4v) is 4.25. The molecule has 1 fully saturated rings. The van der Waals surface area contributed by atoms with Gasteiger partial charge in [-0.3, -0.25) is 0 Å². The maximum absolute atomic E-state index is 12.3. The zero-order chi connectivity index (χ0) is 13.6. The summed E-state index contributed by atoms with van der Waals surface area (Å²) in [6.45, 7) is 3.77. The van der Waals surface area contributed by atoms with Crippen LogP contribution in [0.3, 0.4) is 0 Å². The minimum atomic E-state index is -3.69. The maximum atomic E-state index is 12.3. The Hall–Kier alpha value is -0.780. The number of sulfonamides is 1. The number of halogens is 1. The highest BCUT2D eigenvalue weighted by atomic mass is 35.5. The monoisotopic (exact) mass is 288 g/mol. The van der Waals surface area contributed by atoms with Crippen LogP contribution in [0.4, 0.5) is 5.69 Å². The van der Waals surface area contributed by atoms with Crippen LogP contribution in [0.15, 0.2) is 23.1 Å². The largest absolute Gasteiger partial charge is 0.398 e. The van der Waals surface area contributed by atoms with E-state index in [1.54, 1.807) is 6.07 Å². The molecule has 1 saturated carbocycles. The number of anilines is 1. The van der Waals surface area contributed by atoms with E-state index >= 15 is 0 Å². The first-order chi connectivity index (χ1) is 8.24. The van der Waals surface area contributed by atoms with Crippen molar-refractivity contribution in [3.05, 3.63) is 23.2 Å². The zero-order valence-corrected chi connectivity index (χ0v) is 12.0. The average Bonchev–Trinajstić information content (AvgIpc) is 2.97. The van der Waals surface area contributed by atoms with Crippen LogP contribution in [-0.4, -0.2) is 14.0 Å². The second-order valence-electron chi connectivity index (χ2n) is 5.26. The summed E-state index contributed by atoms with van der Waals surface area (Å²) in [4.78, 5) is -0.0274. The smallest absolute Gasteiger partial charge is 0.244 e. The van der Waals surface area contributed by atoms with E-state index in [1.807, 2.05) is 13.8 Å². The van der Waals surface area contributed by atoms with Crippen molar-refractivity contribution in [1.82, 2.24) is 4.72 Å². The van der Waals surface area contributed by atoms with Gasteiger partial charge in [-0.05, 0) is 44.7 Å². The highest BCUT2D eigenvalue weighted by Crippen LogP contribution is 2.40. The lowest BCUT2D eigenvalue weighted by molar-refractivity contribution is 0.400. The van der Waals surface area contributed by atoms with Crippen LogP contribution in [0.2, 0.25) is 5.02 Å². The molecule has 3 N–H and O–H groups in total. The van der Waals surface area contributed by atoms with E-state index in [9.17, 15) is 8.42 Å². The van der Waals surface area contributed by atoms with Crippen molar-refractivity contribution in [1.29, 1.82) is 0 Å². The van der Waals surface area contributed by atoms with Crippen molar-refractivity contribution in [3.8, 4) is 0 Å². The Labute approximate surface area is 113 Å². The predicted molar refractivity (Wildman–Crippen MR) is 73.0 cm³/mol. The van der Waals surface area contributed by atoms with Crippen LogP contribution >= 0.6 is 11.6 Å². The SMILES string of the molecule is CC(C)(NS(=O)(=O)c1c(N)cccc1Cl)C1CC1. The molecule has 100 valence electrons. The molecule has 0 amide bonds. The molecule has 1 aromatic rings. The fourth-order valence-electron chi connectivity index (χ4n) is 2.09. The van der Waals surface area contributed by atoms with Gasteiger partial charge < -0.3 is 5.73 Å². The molecule has 0 bridgehead atoms. The molecule has 1 aliphatic carbocycles. The van der Waals surface area contributed by atoms with Gasteiger partial charge in [-0.25, -0.2) is 13.1 Å². The van der Waals surface area contributed by atoms with Gasteiger partial charge in [0.05, 0.1) is 10.7 Å². The van der Waals surface area contributed by atoms with Crippen LogP contribution in [0.1, 0.15) is 26.7 Å². The molecule has 0 unspecified atom stereocenters. The standard InChI is InChI=1S/C12H17ClN2O2S/c1-12(2,8-6-7-8)15-18(16,17)11-9(13)4-3-5-10(11)14/h3-5,8,15H,6-7,14H2,1-2H3. The van der Waals surface area contributed by atoms with E-state index < -0.39 is 15.6 Å². The normalized spacial score (nSPS) is 16.8. The van der Waals surface area contributed by atoms with Crippen LogP contribution in [0.25, 0.3) is 0 Å².